The lowest BCUT2D eigenvalue weighted by Crippen LogP contribution is -2.35. The van der Waals surface area contributed by atoms with Crippen LogP contribution in [0.1, 0.15) is 6.92 Å². The number of nitrogens with zero attached hydrogens (tertiary/aromatic N) is 1. The van der Waals surface area contributed by atoms with Gasteiger partial charge in [0.15, 0.2) is 0 Å². The number of benzene rings is 1. The molecule has 0 heterocycles. The zero-order valence-electron chi connectivity index (χ0n) is 9.13. The SMILES string of the molecule is CCN(CC(=O)O)S(=O)(=O)c1ccc(I)cc1. The number of carboxylic acids is 1. The van der Waals surface area contributed by atoms with Crippen molar-refractivity contribution in [2.45, 2.75) is 11.8 Å². The predicted molar refractivity (Wildman–Crippen MR) is 71.2 cm³/mol. The molecule has 0 fully saturated rings. The summed E-state index contributed by atoms with van der Waals surface area (Å²) in [7, 11) is -3.71. The Morgan fingerprint density at radius 2 is 1.88 bits per heavy atom. The first-order valence-electron chi connectivity index (χ1n) is 4.85. The van der Waals surface area contributed by atoms with Gasteiger partial charge >= 0.3 is 5.97 Å². The minimum absolute atomic E-state index is 0.112. The predicted octanol–water partition coefficient (Wildman–Crippen LogP) is 1.39. The molecule has 94 valence electrons. The molecular weight excluding hydrogens is 357 g/mol. The zero-order chi connectivity index (χ0) is 13.1. The van der Waals surface area contributed by atoms with Gasteiger partial charge in [-0.1, -0.05) is 6.92 Å². The highest BCUT2D eigenvalue weighted by atomic mass is 127. The molecule has 7 heteroatoms. The van der Waals surface area contributed by atoms with Crippen molar-refractivity contribution in [2.75, 3.05) is 13.1 Å². The molecule has 0 saturated heterocycles. The Kier molecular flexibility index (Phi) is 4.90. The van der Waals surface area contributed by atoms with Crippen LogP contribution in [0.15, 0.2) is 29.2 Å². The summed E-state index contributed by atoms with van der Waals surface area (Å²) in [6, 6.07) is 6.29. The van der Waals surface area contributed by atoms with E-state index in [1.807, 2.05) is 0 Å². The molecule has 1 rings (SSSR count). The lowest BCUT2D eigenvalue weighted by molar-refractivity contribution is -0.137. The summed E-state index contributed by atoms with van der Waals surface area (Å²) in [5.74, 6) is -1.17. The summed E-state index contributed by atoms with van der Waals surface area (Å²) >= 11 is 2.07. The molecule has 0 aliphatic carbocycles. The van der Waals surface area contributed by atoms with Crippen LogP contribution in [0, 0.1) is 3.57 Å². The first-order chi connectivity index (χ1) is 7.87. The van der Waals surface area contributed by atoms with Crippen LogP contribution in [0.25, 0.3) is 0 Å². The highest BCUT2D eigenvalue weighted by Crippen LogP contribution is 2.16. The molecule has 0 unspecified atom stereocenters. The monoisotopic (exact) mass is 369 g/mol. The Bertz CT molecular complexity index is 498. The number of rotatable bonds is 5. The van der Waals surface area contributed by atoms with Gasteiger partial charge in [0, 0.05) is 10.1 Å². The summed E-state index contributed by atoms with van der Waals surface area (Å²) < 4.78 is 26.0. The van der Waals surface area contributed by atoms with E-state index in [0.29, 0.717) is 0 Å². The fourth-order valence-electron chi connectivity index (χ4n) is 1.27. The maximum atomic E-state index is 12.1. The third kappa shape index (κ3) is 3.65. The van der Waals surface area contributed by atoms with Crippen LogP contribution in [0.2, 0.25) is 0 Å². The summed E-state index contributed by atoms with van der Waals surface area (Å²) in [5, 5.41) is 8.66. The fourth-order valence-corrected chi connectivity index (χ4v) is 3.03. The molecule has 1 aromatic rings. The van der Waals surface area contributed by atoms with Gasteiger partial charge in [-0.2, -0.15) is 4.31 Å². The molecule has 0 aliphatic heterocycles. The molecule has 0 saturated carbocycles. The van der Waals surface area contributed by atoms with E-state index in [1.165, 1.54) is 12.1 Å². The third-order valence-electron chi connectivity index (χ3n) is 2.12. The van der Waals surface area contributed by atoms with Gasteiger partial charge in [-0.05, 0) is 46.9 Å². The Hall–Kier alpha value is -0.670. The molecule has 0 atom stereocenters. The van der Waals surface area contributed by atoms with Gasteiger partial charge in [0.05, 0.1) is 4.90 Å². The Morgan fingerprint density at radius 3 is 2.29 bits per heavy atom. The Morgan fingerprint density at radius 1 is 1.35 bits per heavy atom. The average Bonchev–Trinajstić information content (AvgIpc) is 2.26. The van der Waals surface area contributed by atoms with Crippen molar-refractivity contribution < 1.29 is 18.3 Å². The quantitative estimate of drug-likeness (QED) is 0.796. The van der Waals surface area contributed by atoms with Crippen LogP contribution in [0.4, 0.5) is 0 Å². The summed E-state index contributed by atoms with van der Waals surface area (Å²) in [4.78, 5) is 10.7. The van der Waals surface area contributed by atoms with Gasteiger partial charge in [-0.25, -0.2) is 8.42 Å². The van der Waals surface area contributed by atoms with E-state index in [0.717, 1.165) is 7.88 Å². The maximum Gasteiger partial charge on any atom is 0.318 e. The van der Waals surface area contributed by atoms with E-state index in [1.54, 1.807) is 19.1 Å². The van der Waals surface area contributed by atoms with E-state index in [4.69, 9.17) is 5.11 Å². The Balaban J connectivity index is 3.08. The van der Waals surface area contributed by atoms with E-state index < -0.39 is 22.5 Å². The van der Waals surface area contributed by atoms with Crippen molar-refractivity contribution in [2.24, 2.45) is 0 Å². The highest BCUT2D eigenvalue weighted by Gasteiger charge is 2.24. The highest BCUT2D eigenvalue weighted by molar-refractivity contribution is 14.1. The van der Waals surface area contributed by atoms with Gasteiger partial charge in [-0.15, -0.1) is 0 Å². The van der Waals surface area contributed by atoms with Crippen molar-refractivity contribution in [1.82, 2.24) is 4.31 Å². The van der Waals surface area contributed by atoms with Crippen LogP contribution >= 0.6 is 22.6 Å². The maximum absolute atomic E-state index is 12.1. The first-order valence-corrected chi connectivity index (χ1v) is 7.37. The van der Waals surface area contributed by atoms with E-state index in [2.05, 4.69) is 22.6 Å². The molecular formula is C10H12INO4S. The minimum atomic E-state index is -3.71. The Labute approximate surface area is 114 Å². The van der Waals surface area contributed by atoms with Gasteiger partial charge in [0.1, 0.15) is 6.54 Å². The molecule has 0 bridgehead atoms. The smallest absolute Gasteiger partial charge is 0.318 e. The largest absolute Gasteiger partial charge is 0.480 e. The lowest BCUT2D eigenvalue weighted by Gasteiger charge is -2.18. The summed E-state index contributed by atoms with van der Waals surface area (Å²) in [6.07, 6.45) is 0. The number of hydrogen-bond acceptors (Lipinski definition) is 3. The second kappa shape index (κ2) is 5.78. The molecule has 5 nitrogen and oxygen atoms in total. The molecule has 0 spiro atoms. The van der Waals surface area contributed by atoms with E-state index in [-0.39, 0.29) is 11.4 Å². The van der Waals surface area contributed by atoms with Gasteiger partial charge in [0.2, 0.25) is 10.0 Å². The van der Waals surface area contributed by atoms with Crippen molar-refractivity contribution >= 4 is 38.6 Å². The third-order valence-corrected chi connectivity index (χ3v) is 4.77. The van der Waals surface area contributed by atoms with Gasteiger partial charge in [-0.3, -0.25) is 4.79 Å². The fraction of sp³-hybridized carbons (Fsp3) is 0.300. The second-order valence-corrected chi connectivity index (χ2v) is 6.46. The van der Waals surface area contributed by atoms with Crippen molar-refractivity contribution in [3.63, 3.8) is 0 Å². The molecule has 1 N–H and O–H groups in total. The zero-order valence-corrected chi connectivity index (χ0v) is 12.1. The number of sulfonamides is 1. The van der Waals surface area contributed by atoms with Crippen LogP contribution in [0.5, 0.6) is 0 Å². The van der Waals surface area contributed by atoms with Gasteiger partial charge in [0.25, 0.3) is 0 Å². The number of hydrogen-bond donors (Lipinski definition) is 1. The number of aliphatic carboxylic acids is 1. The topological polar surface area (TPSA) is 74.7 Å². The van der Waals surface area contributed by atoms with E-state index in [9.17, 15) is 13.2 Å². The molecule has 0 amide bonds. The number of likely N-dealkylation sites (N-methyl/N-ethyl adjacent to an activating group) is 1. The molecule has 1 aromatic carbocycles. The number of carbonyl (C=O) groups is 1. The summed E-state index contributed by atoms with van der Waals surface area (Å²) in [6.45, 7) is 1.21. The standard InChI is InChI=1S/C10H12INO4S/c1-2-12(7-10(13)14)17(15,16)9-5-3-8(11)4-6-9/h3-6H,2,7H2,1H3,(H,13,14). The van der Waals surface area contributed by atoms with Crippen molar-refractivity contribution in [3.05, 3.63) is 27.8 Å². The normalized spacial score (nSPS) is 11.7. The molecule has 0 aromatic heterocycles. The van der Waals surface area contributed by atoms with Crippen molar-refractivity contribution in [3.8, 4) is 0 Å². The molecule has 0 radical (unpaired) electrons. The van der Waals surface area contributed by atoms with Crippen LogP contribution < -0.4 is 0 Å². The minimum Gasteiger partial charge on any atom is -0.480 e. The second-order valence-electron chi connectivity index (χ2n) is 3.28. The summed E-state index contributed by atoms with van der Waals surface area (Å²) in [5.41, 5.74) is 0. The molecule has 0 aliphatic rings. The van der Waals surface area contributed by atoms with Crippen molar-refractivity contribution in [1.29, 1.82) is 0 Å². The lowest BCUT2D eigenvalue weighted by atomic mass is 10.4. The number of carboxylic acid groups (broad SMARTS) is 1. The number of halogens is 1. The van der Waals surface area contributed by atoms with Crippen LogP contribution in [0.3, 0.4) is 0 Å². The molecule has 17 heavy (non-hydrogen) atoms. The van der Waals surface area contributed by atoms with Crippen LogP contribution in [-0.4, -0.2) is 36.9 Å². The van der Waals surface area contributed by atoms with E-state index >= 15 is 0 Å². The average molecular weight is 369 g/mol. The van der Waals surface area contributed by atoms with Gasteiger partial charge < -0.3 is 5.11 Å². The van der Waals surface area contributed by atoms with Crippen LogP contribution in [-0.2, 0) is 14.8 Å². The first kappa shape index (κ1) is 14.4.